The zero-order chi connectivity index (χ0) is 17.5. The van der Waals surface area contributed by atoms with E-state index >= 15 is 0 Å². The first-order valence-electron chi connectivity index (χ1n) is 7.76. The number of para-hydroxylation sites is 1. The number of carbonyl (C=O) groups excluding carboxylic acids is 2. The second kappa shape index (κ2) is 8.15. The number of rotatable bonds is 6. The van der Waals surface area contributed by atoms with E-state index in [4.69, 9.17) is 4.74 Å². The molecule has 0 radical (unpaired) electrons. The van der Waals surface area contributed by atoms with Crippen LogP contribution in [0.25, 0.3) is 0 Å². The molecule has 2 rings (SSSR count). The van der Waals surface area contributed by atoms with Crippen molar-refractivity contribution in [2.75, 3.05) is 12.4 Å². The monoisotopic (exact) mass is 326 g/mol. The highest BCUT2D eigenvalue weighted by atomic mass is 16.5. The first-order valence-corrected chi connectivity index (χ1v) is 7.76. The predicted octanol–water partition coefficient (Wildman–Crippen LogP) is 3.21. The van der Waals surface area contributed by atoms with E-state index in [1.807, 2.05) is 55.5 Å². The number of anilines is 1. The molecule has 126 valence electrons. The zero-order valence-corrected chi connectivity index (χ0v) is 14.1. The van der Waals surface area contributed by atoms with Crippen LogP contribution in [0.15, 0.2) is 48.5 Å². The Balaban J connectivity index is 2.11. The lowest BCUT2D eigenvalue weighted by molar-refractivity contribution is -0.120. The van der Waals surface area contributed by atoms with Crippen molar-refractivity contribution < 1.29 is 14.3 Å². The maximum absolute atomic E-state index is 12.4. The third kappa shape index (κ3) is 4.84. The van der Waals surface area contributed by atoms with Crippen LogP contribution in [0, 0.1) is 6.92 Å². The van der Waals surface area contributed by atoms with E-state index in [2.05, 4.69) is 10.6 Å². The number of hydrogen-bond acceptors (Lipinski definition) is 3. The van der Waals surface area contributed by atoms with Gasteiger partial charge in [-0.2, -0.15) is 0 Å². The molecule has 0 saturated carbocycles. The molecule has 5 nitrogen and oxygen atoms in total. The molecule has 2 amide bonds. The Morgan fingerprint density at radius 1 is 1.08 bits per heavy atom. The Bertz CT molecular complexity index is 711. The van der Waals surface area contributed by atoms with Crippen LogP contribution in [0.5, 0.6) is 5.75 Å². The van der Waals surface area contributed by atoms with Gasteiger partial charge in [0.25, 0.3) is 0 Å². The first-order chi connectivity index (χ1) is 11.5. The van der Waals surface area contributed by atoms with Crippen molar-refractivity contribution in [1.29, 1.82) is 0 Å². The highest BCUT2D eigenvalue weighted by Gasteiger charge is 2.17. The summed E-state index contributed by atoms with van der Waals surface area (Å²) in [6, 6.07) is 14.5. The fraction of sp³-hybridized carbons (Fsp3) is 0.263. The van der Waals surface area contributed by atoms with Crippen molar-refractivity contribution >= 4 is 17.5 Å². The van der Waals surface area contributed by atoms with E-state index in [1.165, 1.54) is 6.92 Å². The highest BCUT2D eigenvalue weighted by Crippen LogP contribution is 2.22. The minimum atomic E-state index is -0.391. The second-order valence-corrected chi connectivity index (χ2v) is 5.59. The van der Waals surface area contributed by atoms with Gasteiger partial charge in [0.05, 0.1) is 19.6 Å². The topological polar surface area (TPSA) is 67.4 Å². The molecule has 5 heteroatoms. The minimum absolute atomic E-state index is 0.153. The van der Waals surface area contributed by atoms with E-state index < -0.39 is 6.04 Å². The third-order valence-corrected chi connectivity index (χ3v) is 3.70. The third-order valence-electron chi connectivity index (χ3n) is 3.70. The van der Waals surface area contributed by atoms with E-state index in [-0.39, 0.29) is 18.2 Å². The summed E-state index contributed by atoms with van der Waals surface area (Å²) in [5.41, 5.74) is 2.62. The molecular weight excluding hydrogens is 304 g/mol. The normalized spacial score (nSPS) is 11.5. The lowest BCUT2D eigenvalue weighted by Gasteiger charge is -2.19. The second-order valence-electron chi connectivity index (χ2n) is 5.59. The van der Waals surface area contributed by atoms with Gasteiger partial charge in [-0.15, -0.1) is 0 Å². The van der Waals surface area contributed by atoms with Gasteiger partial charge in [0, 0.05) is 12.6 Å². The predicted molar refractivity (Wildman–Crippen MR) is 94.0 cm³/mol. The molecule has 0 bridgehead atoms. The summed E-state index contributed by atoms with van der Waals surface area (Å²) in [4.78, 5) is 23.8. The average molecular weight is 326 g/mol. The molecule has 0 spiro atoms. The number of aryl methyl sites for hydroxylation is 1. The van der Waals surface area contributed by atoms with Crippen molar-refractivity contribution in [1.82, 2.24) is 5.32 Å². The maximum atomic E-state index is 12.4. The standard InChI is InChI=1S/C19H22N2O3/c1-13-6-4-5-7-17(13)21-19(23)12-18(20-14(2)22)15-8-10-16(24-3)11-9-15/h4-11,18H,12H2,1-3H3,(H,20,22)(H,21,23). The van der Waals surface area contributed by atoms with Gasteiger partial charge >= 0.3 is 0 Å². The molecule has 0 fully saturated rings. The van der Waals surface area contributed by atoms with Crippen LogP contribution in [0.3, 0.4) is 0 Å². The lowest BCUT2D eigenvalue weighted by atomic mass is 10.0. The van der Waals surface area contributed by atoms with Crippen molar-refractivity contribution in [3.63, 3.8) is 0 Å². The van der Waals surface area contributed by atoms with Gasteiger partial charge in [-0.3, -0.25) is 9.59 Å². The van der Waals surface area contributed by atoms with Crippen molar-refractivity contribution in [2.45, 2.75) is 26.3 Å². The van der Waals surface area contributed by atoms with E-state index in [9.17, 15) is 9.59 Å². The van der Waals surface area contributed by atoms with Crippen LogP contribution in [-0.2, 0) is 9.59 Å². The number of ether oxygens (including phenoxy) is 1. The number of benzene rings is 2. The summed E-state index contributed by atoms with van der Waals surface area (Å²) in [7, 11) is 1.59. The van der Waals surface area contributed by atoms with Crippen molar-refractivity contribution in [3.8, 4) is 5.75 Å². The van der Waals surface area contributed by atoms with Gasteiger partial charge in [-0.1, -0.05) is 30.3 Å². The molecule has 0 aromatic heterocycles. The van der Waals surface area contributed by atoms with Crippen LogP contribution in [-0.4, -0.2) is 18.9 Å². The molecule has 1 atom stereocenters. The number of methoxy groups -OCH3 is 1. The number of nitrogens with one attached hydrogen (secondary N) is 2. The van der Waals surface area contributed by atoms with Gasteiger partial charge in [0.1, 0.15) is 5.75 Å². The molecule has 0 saturated heterocycles. The van der Waals surface area contributed by atoms with Gasteiger partial charge in [0.15, 0.2) is 0 Å². The Labute approximate surface area is 142 Å². The zero-order valence-electron chi connectivity index (χ0n) is 14.1. The van der Waals surface area contributed by atoms with E-state index in [0.717, 1.165) is 22.6 Å². The Morgan fingerprint density at radius 2 is 1.75 bits per heavy atom. The SMILES string of the molecule is COc1ccc(C(CC(=O)Nc2ccccc2C)NC(C)=O)cc1. The summed E-state index contributed by atoms with van der Waals surface area (Å²) >= 11 is 0. The van der Waals surface area contributed by atoms with Gasteiger partial charge < -0.3 is 15.4 Å². The van der Waals surface area contributed by atoms with E-state index in [0.29, 0.717) is 0 Å². The van der Waals surface area contributed by atoms with Crippen LogP contribution < -0.4 is 15.4 Å². The molecule has 24 heavy (non-hydrogen) atoms. The van der Waals surface area contributed by atoms with Gasteiger partial charge in [-0.05, 0) is 36.2 Å². The number of hydrogen-bond donors (Lipinski definition) is 2. The summed E-state index contributed by atoms with van der Waals surface area (Å²) < 4.78 is 5.14. The van der Waals surface area contributed by atoms with Crippen LogP contribution in [0.2, 0.25) is 0 Å². The maximum Gasteiger partial charge on any atom is 0.226 e. The molecule has 0 aliphatic heterocycles. The lowest BCUT2D eigenvalue weighted by Crippen LogP contribution is -2.29. The number of carbonyl (C=O) groups is 2. The van der Waals surface area contributed by atoms with Gasteiger partial charge in [-0.25, -0.2) is 0 Å². The molecule has 1 unspecified atom stereocenters. The first kappa shape index (κ1) is 17.5. The molecule has 2 aromatic rings. The van der Waals surface area contributed by atoms with Crippen molar-refractivity contribution in [3.05, 3.63) is 59.7 Å². The Kier molecular flexibility index (Phi) is 5.95. The van der Waals surface area contributed by atoms with E-state index in [1.54, 1.807) is 7.11 Å². The molecule has 2 aromatic carbocycles. The number of amides is 2. The summed E-state index contributed by atoms with van der Waals surface area (Å²) in [6.45, 7) is 3.38. The largest absolute Gasteiger partial charge is 0.497 e. The fourth-order valence-electron chi connectivity index (χ4n) is 2.43. The molecule has 2 N–H and O–H groups in total. The summed E-state index contributed by atoms with van der Waals surface area (Å²) in [5, 5.41) is 5.72. The van der Waals surface area contributed by atoms with Crippen LogP contribution in [0.4, 0.5) is 5.69 Å². The average Bonchev–Trinajstić information content (AvgIpc) is 2.56. The van der Waals surface area contributed by atoms with Crippen LogP contribution in [0.1, 0.15) is 30.5 Å². The van der Waals surface area contributed by atoms with Gasteiger partial charge in [0.2, 0.25) is 11.8 Å². The molecule has 0 heterocycles. The molecule has 0 aliphatic rings. The van der Waals surface area contributed by atoms with Crippen molar-refractivity contribution in [2.24, 2.45) is 0 Å². The highest BCUT2D eigenvalue weighted by molar-refractivity contribution is 5.92. The summed E-state index contributed by atoms with van der Waals surface area (Å²) in [5.74, 6) is 0.392. The summed E-state index contributed by atoms with van der Waals surface area (Å²) in [6.07, 6.45) is 0.153. The Morgan fingerprint density at radius 3 is 2.33 bits per heavy atom. The molecule has 0 aliphatic carbocycles. The fourth-order valence-corrected chi connectivity index (χ4v) is 2.43. The minimum Gasteiger partial charge on any atom is -0.497 e. The smallest absolute Gasteiger partial charge is 0.226 e. The molecular formula is C19H22N2O3. The van der Waals surface area contributed by atoms with Crippen LogP contribution >= 0.6 is 0 Å². The quantitative estimate of drug-likeness (QED) is 0.856. The Hall–Kier alpha value is -2.82.